The van der Waals surface area contributed by atoms with Crippen molar-refractivity contribution in [2.75, 3.05) is 18.1 Å². The molecule has 3 rings (SSSR count). The number of hydrogen-bond donors (Lipinski definition) is 6. The molecule has 1 fully saturated rings. The number of nitrogens with two attached hydrogens (primary N) is 2. The van der Waals surface area contributed by atoms with Crippen molar-refractivity contribution in [1.29, 1.82) is 0 Å². The summed E-state index contributed by atoms with van der Waals surface area (Å²) < 4.78 is 0. The van der Waals surface area contributed by atoms with E-state index in [9.17, 15) is 24.7 Å². The van der Waals surface area contributed by atoms with Crippen LogP contribution in [0.2, 0.25) is 0 Å². The van der Waals surface area contributed by atoms with Gasteiger partial charge in [-0.25, -0.2) is 9.78 Å². The molecule has 1 unspecified atom stereocenters. The lowest BCUT2D eigenvalue weighted by molar-refractivity contribution is -0.150. The molecule has 2 aliphatic rings. The first kappa shape index (κ1) is 23.1. The molecule has 1 aromatic heterocycles. The number of nitrogens with zero attached hydrogens (tertiary/aromatic N) is 3. The highest BCUT2D eigenvalue weighted by atomic mass is 32.2. The second kappa shape index (κ2) is 9.69. The maximum Gasteiger partial charge on any atom is 0.353 e. The predicted octanol–water partition coefficient (Wildman–Crippen LogP) is -0.834. The molecular formula is C16H18N6O6S3. The van der Waals surface area contributed by atoms with E-state index in [-0.39, 0.29) is 28.9 Å². The highest BCUT2D eigenvalue weighted by Crippen LogP contribution is 2.43. The number of aliphatic carboxylic acids is 1. The van der Waals surface area contributed by atoms with Gasteiger partial charge in [-0.05, 0) is 5.41 Å². The Morgan fingerprint density at radius 2 is 2.26 bits per heavy atom. The number of aromatic nitrogens is 1. The first-order valence-electron chi connectivity index (χ1n) is 8.63. The standard InChI is InChI=1S/C16H18N6O6S3/c17-6(3-23)1-2-29-8-5-30-14-10(13(25)22(14)11(8)15(26)27)20-12(24)9(21-28)7-4-31-16(18)19-7/h1-2,4,6,10,14,23,28H,3,5,17H2,(H2,18,19)(H,20,24)(H,26,27)/b2-1-,21-9-/t6-,10?,14-/m1/s1. The number of thiazole rings is 1. The van der Waals surface area contributed by atoms with Gasteiger partial charge in [0.05, 0.1) is 6.61 Å². The topological polar surface area (TPSA) is 204 Å². The van der Waals surface area contributed by atoms with Gasteiger partial charge in [0.15, 0.2) is 10.8 Å². The van der Waals surface area contributed by atoms with E-state index in [0.29, 0.717) is 4.91 Å². The van der Waals surface area contributed by atoms with Crippen molar-refractivity contribution in [3.8, 4) is 0 Å². The van der Waals surface area contributed by atoms with E-state index in [1.54, 1.807) is 5.41 Å². The number of aliphatic hydroxyl groups is 1. The number of aliphatic hydroxyl groups excluding tert-OH is 1. The number of oxime groups is 1. The third-order valence-corrected chi connectivity index (χ3v) is 7.30. The van der Waals surface area contributed by atoms with Crippen LogP contribution in [0.4, 0.5) is 5.13 Å². The lowest BCUT2D eigenvalue weighted by Gasteiger charge is -2.49. The molecule has 8 N–H and O–H groups in total. The van der Waals surface area contributed by atoms with Crippen LogP contribution < -0.4 is 16.8 Å². The van der Waals surface area contributed by atoms with E-state index in [1.165, 1.54) is 23.2 Å². The summed E-state index contributed by atoms with van der Waals surface area (Å²) in [4.78, 5) is 42.4. The zero-order valence-corrected chi connectivity index (χ0v) is 18.1. The molecule has 166 valence electrons. The van der Waals surface area contributed by atoms with Crippen LogP contribution in [-0.4, -0.2) is 78.6 Å². The summed E-state index contributed by atoms with van der Waals surface area (Å²) >= 11 is 3.42. The van der Waals surface area contributed by atoms with Crippen molar-refractivity contribution >= 4 is 63.5 Å². The van der Waals surface area contributed by atoms with Crippen LogP contribution in [0.3, 0.4) is 0 Å². The minimum absolute atomic E-state index is 0.0557. The summed E-state index contributed by atoms with van der Waals surface area (Å²) in [7, 11) is 0. The predicted molar refractivity (Wildman–Crippen MR) is 116 cm³/mol. The Kier molecular flexibility index (Phi) is 7.22. The van der Waals surface area contributed by atoms with Crippen molar-refractivity contribution < 1.29 is 29.8 Å². The number of β-lactam (4-membered cyclic amide) rings is 1. The summed E-state index contributed by atoms with van der Waals surface area (Å²) in [5.41, 5.74) is 10.6. The highest BCUT2D eigenvalue weighted by molar-refractivity contribution is 8.08. The maximum absolute atomic E-state index is 12.7. The molecule has 31 heavy (non-hydrogen) atoms. The number of carboxylic acid groups (broad SMARTS) is 1. The van der Waals surface area contributed by atoms with Crippen LogP contribution in [0.15, 0.2) is 32.6 Å². The Hall–Kier alpha value is -2.59. The van der Waals surface area contributed by atoms with Crippen LogP contribution in [0, 0.1) is 0 Å². The fourth-order valence-corrected chi connectivity index (χ4v) is 5.74. The minimum atomic E-state index is -1.28. The molecule has 0 aromatic carbocycles. The van der Waals surface area contributed by atoms with Crippen LogP contribution >= 0.6 is 34.9 Å². The van der Waals surface area contributed by atoms with Crippen molar-refractivity contribution in [3.05, 3.63) is 33.2 Å². The van der Waals surface area contributed by atoms with Gasteiger partial charge in [0.2, 0.25) is 0 Å². The second-order valence-corrected chi connectivity index (χ2v) is 9.25. The second-order valence-electron chi connectivity index (χ2n) is 6.25. The number of fused-ring (bicyclic) bond motifs is 1. The number of anilines is 1. The highest BCUT2D eigenvalue weighted by Gasteiger charge is 2.54. The SMILES string of the molecule is Nc1nc(/C(=N/O)C(=O)NC2C(=O)N3C(C(=O)O)=C(S/C=C\[C@@H](N)CO)CS[C@H]23)cs1. The fourth-order valence-electron chi connectivity index (χ4n) is 2.78. The van der Waals surface area contributed by atoms with Gasteiger partial charge in [0.1, 0.15) is 22.8 Å². The van der Waals surface area contributed by atoms with E-state index >= 15 is 0 Å². The molecule has 12 nitrogen and oxygen atoms in total. The van der Waals surface area contributed by atoms with Crippen LogP contribution in [-0.2, 0) is 14.4 Å². The van der Waals surface area contributed by atoms with Crippen LogP contribution in [0.1, 0.15) is 5.69 Å². The summed E-state index contributed by atoms with van der Waals surface area (Å²) in [5.74, 6) is -2.43. The molecule has 1 saturated heterocycles. The summed E-state index contributed by atoms with van der Waals surface area (Å²) in [6, 6.07) is -1.57. The lowest BCUT2D eigenvalue weighted by atomic mass is 10.0. The first-order chi connectivity index (χ1) is 14.8. The first-order valence-corrected chi connectivity index (χ1v) is 11.4. The third-order valence-electron chi connectivity index (χ3n) is 4.25. The summed E-state index contributed by atoms with van der Waals surface area (Å²) in [5, 5.41) is 35.7. The Bertz CT molecular complexity index is 992. The van der Waals surface area contributed by atoms with Crippen molar-refractivity contribution in [2.45, 2.75) is 17.5 Å². The zero-order valence-electron chi connectivity index (χ0n) is 15.7. The van der Waals surface area contributed by atoms with Gasteiger partial charge in [-0.1, -0.05) is 23.0 Å². The monoisotopic (exact) mass is 486 g/mol. The molecule has 0 radical (unpaired) electrons. The number of nitrogens with one attached hydrogen (secondary N) is 1. The zero-order chi connectivity index (χ0) is 22.7. The molecule has 0 aliphatic carbocycles. The summed E-state index contributed by atoms with van der Waals surface area (Å²) in [6.07, 6.45) is 1.52. The third kappa shape index (κ3) is 4.69. The van der Waals surface area contributed by atoms with Gasteiger partial charge in [-0.15, -0.1) is 23.1 Å². The number of carbonyl (C=O) groups is 3. The van der Waals surface area contributed by atoms with Gasteiger partial charge in [-0.2, -0.15) is 0 Å². The molecule has 3 atom stereocenters. The average molecular weight is 487 g/mol. The van der Waals surface area contributed by atoms with Crippen LogP contribution in [0.5, 0.6) is 0 Å². The van der Waals surface area contributed by atoms with E-state index in [2.05, 4.69) is 15.5 Å². The number of rotatable bonds is 8. The molecule has 0 saturated carbocycles. The molecule has 15 heteroatoms. The molecule has 1 aromatic rings. The quantitative estimate of drug-likeness (QED) is 0.116. The number of carboxylic acids is 1. The van der Waals surface area contributed by atoms with Gasteiger partial charge < -0.3 is 32.2 Å². The number of nitrogen functional groups attached to an aromatic ring is 1. The van der Waals surface area contributed by atoms with Crippen LogP contribution in [0.25, 0.3) is 0 Å². The van der Waals surface area contributed by atoms with Crippen molar-refractivity contribution in [1.82, 2.24) is 15.2 Å². The molecule has 3 heterocycles. The van der Waals surface area contributed by atoms with E-state index in [4.69, 9.17) is 16.6 Å². The number of thioether (sulfide) groups is 2. The Morgan fingerprint density at radius 3 is 2.84 bits per heavy atom. The van der Waals surface area contributed by atoms with Gasteiger partial charge in [0.25, 0.3) is 11.8 Å². The molecule has 2 amide bonds. The van der Waals surface area contributed by atoms with Gasteiger partial charge >= 0.3 is 5.97 Å². The van der Waals surface area contributed by atoms with E-state index < -0.39 is 41.0 Å². The van der Waals surface area contributed by atoms with Crippen molar-refractivity contribution in [3.63, 3.8) is 0 Å². The normalized spacial score (nSPS) is 22.3. The number of hydrogen-bond acceptors (Lipinski definition) is 12. The van der Waals surface area contributed by atoms with E-state index in [0.717, 1.165) is 28.0 Å². The smallest absolute Gasteiger partial charge is 0.353 e. The Morgan fingerprint density at radius 1 is 1.52 bits per heavy atom. The summed E-state index contributed by atoms with van der Waals surface area (Å²) in [6.45, 7) is -0.253. The fraction of sp³-hybridized carbons (Fsp3) is 0.312. The Labute approximate surface area is 188 Å². The van der Waals surface area contributed by atoms with Gasteiger partial charge in [-0.3, -0.25) is 14.5 Å². The van der Waals surface area contributed by atoms with Crippen molar-refractivity contribution in [2.24, 2.45) is 10.9 Å². The molecular weight excluding hydrogens is 468 g/mol. The average Bonchev–Trinajstić information content (AvgIpc) is 3.17. The number of carbonyl (C=O) groups excluding carboxylic acids is 2. The maximum atomic E-state index is 12.7. The number of amides is 2. The van der Waals surface area contributed by atoms with Gasteiger partial charge in [0, 0.05) is 22.1 Å². The van der Waals surface area contributed by atoms with E-state index in [1.807, 2.05) is 0 Å². The molecule has 2 aliphatic heterocycles. The molecule has 0 bridgehead atoms. The largest absolute Gasteiger partial charge is 0.477 e. The minimum Gasteiger partial charge on any atom is -0.477 e. The molecule has 0 spiro atoms. The lowest BCUT2D eigenvalue weighted by Crippen LogP contribution is -2.71. The Balaban J connectivity index is 1.74.